The average molecular weight is 424 g/mol. The van der Waals surface area contributed by atoms with Crippen molar-refractivity contribution in [3.8, 4) is 0 Å². The van der Waals surface area contributed by atoms with Crippen LogP contribution in [0.5, 0.6) is 0 Å². The highest BCUT2D eigenvalue weighted by Gasteiger charge is 2.24. The molecule has 156 valence electrons. The summed E-state index contributed by atoms with van der Waals surface area (Å²) in [5.41, 5.74) is 1.08. The maximum absolute atomic E-state index is 12.7. The normalized spacial score (nSPS) is 15.7. The van der Waals surface area contributed by atoms with E-state index in [0.29, 0.717) is 31.8 Å². The zero-order valence-corrected chi connectivity index (χ0v) is 17.5. The van der Waals surface area contributed by atoms with Crippen molar-refractivity contribution in [1.29, 1.82) is 0 Å². The largest absolute Gasteiger partial charge is 0.459 e. The molecule has 0 spiro atoms. The molecular formula is C23H25N3O3S. The van der Waals surface area contributed by atoms with Crippen molar-refractivity contribution < 1.29 is 14.0 Å². The van der Waals surface area contributed by atoms with Gasteiger partial charge in [-0.3, -0.25) is 14.5 Å². The molecule has 1 N–H and O–H groups in total. The van der Waals surface area contributed by atoms with Crippen LogP contribution in [0.1, 0.15) is 33.5 Å². The van der Waals surface area contributed by atoms with Crippen LogP contribution in [-0.2, 0) is 4.79 Å². The number of furan rings is 1. The van der Waals surface area contributed by atoms with Crippen molar-refractivity contribution in [2.75, 3.05) is 32.7 Å². The Morgan fingerprint density at radius 3 is 2.47 bits per heavy atom. The number of hydrogen-bond donors (Lipinski definition) is 1. The number of piperazine rings is 1. The predicted octanol–water partition coefficient (Wildman–Crippen LogP) is 3.39. The summed E-state index contributed by atoms with van der Waals surface area (Å²) in [5.74, 6) is 0.341. The number of amides is 2. The van der Waals surface area contributed by atoms with Gasteiger partial charge in [0.2, 0.25) is 5.91 Å². The minimum Gasteiger partial charge on any atom is -0.459 e. The van der Waals surface area contributed by atoms with Gasteiger partial charge in [-0.1, -0.05) is 36.4 Å². The molecule has 6 nitrogen and oxygen atoms in total. The molecule has 0 radical (unpaired) electrons. The molecule has 1 saturated heterocycles. The number of nitrogens with zero attached hydrogens (tertiary/aromatic N) is 2. The zero-order chi connectivity index (χ0) is 20.8. The van der Waals surface area contributed by atoms with E-state index >= 15 is 0 Å². The minimum atomic E-state index is -0.124. The van der Waals surface area contributed by atoms with Crippen molar-refractivity contribution in [2.24, 2.45) is 0 Å². The summed E-state index contributed by atoms with van der Waals surface area (Å²) >= 11 is 1.65. The zero-order valence-electron chi connectivity index (χ0n) is 16.7. The van der Waals surface area contributed by atoms with Gasteiger partial charge in [-0.25, -0.2) is 0 Å². The van der Waals surface area contributed by atoms with E-state index in [4.69, 9.17) is 4.42 Å². The number of rotatable bonds is 7. The summed E-state index contributed by atoms with van der Waals surface area (Å²) in [7, 11) is 0. The smallest absolute Gasteiger partial charge is 0.289 e. The molecule has 2 aromatic heterocycles. The molecule has 4 rings (SSSR count). The van der Waals surface area contributed by atoms with E-state index in [9.17, 15) is 9.59 Å². The molecule has 0 aliphatic carbocycles. The lowest BCUT2D eigenvalue weighted by atomic mass is 10.1. The van der Waals surface area contributed by atoms with E-state index in [2.05, 4.69) is 16.3 Å². The van der Waals surface area contributed by atoms with Crippen molar-refractivity contribution in [2.45, 2.75) is 12.5 Å². The molecule has 0 unspecified atom stereocenters. The van der Waals surface area contributed by atoms with Gasteiger partial charge in [0.1, 0.15) is 0 Å². The lowest BCUT2D eigenvalue weighted by Gasteiger charge is -2.34. The average Bonchev–Trinajstić information content (AvgIpc) is 3.51. The van der Waals surface area contributed by atoms with Gasteiger partial charge in [-0.2, -0.15) is 0 Å². The first-order valence-electron chi connectivity index (χ1n) is 10.1. The quantitative estimate of drug-likeness (QED) is 0.633. The molecule has 3 aromatic rings. The van der Waals surface area contributed by atoms with Gasteiger partial charge in [-0.05, 0) is 29.1 Å². The first kappa shape index (κ1) is 20.4. The van der Waals surface area contributed by atoms with Crippen LogP contribution in [0.3, 0.4) is 0 Å². The fourth-order valence-corrected chi connectivity index (χ4v) is 4.45. The Balaban J connectivity index is 1.27. The summed E-state index contributed by atoms with van der Waals surface area (Å²) in [4.78, 5) is 30.2. The van der Waals surface area contributed by atoms with Crippen LogP contribution in [0.2, 0.25) is 0 Å². The SMILES string of the molecule is O=C(CCN1CCN(C(=O)c2ccco2)CC1)N[C@@H](c1ccccc1)c1cccs1. The molecule has 1 atom stereocenters. The Morgan fingerprint density at radius 2 is 1.80 bits per heavy atom. The Labute approximate surface area is 180 Å². The fourth-order valence-electron chi connectivity index (χ4n) is 3.64. The van der Waals surface area contributed by atoms with Crippen LogP contribution < -0.4 is 5.32 Å². The molecule has 1 fully saturated rings. The van der Waals surface area contributed by atoms with Crippen molar-refractivity contribution in [1.82, 2.24) is 15.1 Å². The maximum Gasteiger partial charge on any atom is 0.289 e. The second-order valence-electron chi connectivity index (χ2n) is 7.29. The molecule has 3 heterocycles. The Morgan fingerprint density at radius 1 is 1.00 bits per heavy atom. The van der Waals surface area contributed by atoms with Gasteiger partial charge in [0.25, 0.3) is 5.91 Å². The van der Waals surface area contributed by atoms with Gasteiger partial charge in [-0.15, -0.1) is 11.3 Å². The lowest BCUT2D eigenvalue weighted by Crippen LogP contribution is -2.49. The molecule has 7 heteroatoms. The van der Waals surface area contributed by atoms with E-state index in [1.807, 2.05) is 41.8 Å². The predicted molar refractivity (Wildman–Crippen MR) is 116 cm³/mol. The summed E-state index contributed by atoms with van der Waals surface area (Å²) in [6.07, 6.45) is 1.95. The number of carbonyl (C=O) groups is 2. The molecule has 0 saturated carbocycles. The highest BCUT2D eigenvalue weighted by atomic mass is 32.1. The number of hydrogen-bond acceptors (Lipinski definition) is 5. The first-order valence-corrected chi connectivity index (χ1v) is 11.0. The van der Waals surface area contributed by atoms with E-state index in [-0.39, 0.29) is 17.9 Å². The molecule has 2 amide bonds. The van der Waals surface area contributed by atoms with Gasteiger partial charge in [0, 0.05) is 44.0 Å². The van der Waals surface area contributed by atoms with Crippen LogP contribution in [0.15, 0.2) is 70.7 Å². The van der Waals surface area contributed by atoms with Crippen LogP contribution in [0.25, 0.3) is 0 Å². The van der Waals surface area contributed by atoms with Crippen molar-refractivity contribution in [3.05, 3.63) is 82.4 Å². The van der Waals surface area contributed by atoms with Gasteiger partial charge < -0.3 is 14.6 Å². The van der Waals surface area contributed by atoms with Crippen LogP contribution >= 0.6 is 11.3 Å². The van der Waals surface area contributed by atoms with Crippen molar-refractivity contribution >= 4 is 23.2 Å². The Kier molecular flexibility index (Phi) is 6.61. The third-order valence-corrected chi connectivity index (χ3v) is 6.25. The number of nitrogens with one attached hydrogen (secondary N) is 1. The summed E-state index contributed by atoms with van der Waals surface area (Å²) in [6.45, 7) is 3.48. The molecule has 1 aliphatic rings. The molecule has 30 heavy (non-hydrogen) atoms. The number of benzene rings is 1. The van der Waals surface area contributed by atoms with Crippen LogP contribution in [0.4, 0.5) is 0 Å². The number of carbonyl (C=O) groups excluding carboxylic acids is 2. The Bertz CT molecular complexity index is 934. The first-order chi connectivity index (χ1) is 14.7. The molecule has 1 aromatic carbocycles. The van der Waals surface area contributed by atoms with E-state index in [0.717, 1.165) is 23.5 Å². The van der Waals surface area contributed by atoms with Crippen LogP contribution in [0, 0.1) is 0 Å². The second-order valence-corrected chi connectivity index (χ2v) is 8.27. The fraction of sp³-hybridized carbons (Fsp3) is 0.304. The maximum atomic E-state index is 12.7. The molecule has 1 aliphatic heterocycles. The minimum absolute atomic E-state index is 0.0337. The summed E-state index contributed by atoms with van der Waals surface area (Å²) in [5, 5.41) is 5.22. The lowest BCUT2D eigenvalue weighted by molar-refractivity contribution is -0.122. The van der Waals surface area contributed by atoms with E-state index < -0.39 is 0 Å². The highest BCUT2D eigenvalue weighted by Crippen LogP contribution is 2.26. The third kappa shape index (κ3) is 4.98. The molecule has 0 bridgehead atoms. The standard InChI is InChI=1S/C23H25N3O3S/c27-21(24-22(20-9-5-17-30-20)18-6-2-1-3-7-18)10-11-25-12-14-26(15-13-25)23(28)19-8-4-16-29-19/h1-9,16-17,22H,10-15H2,(H,24,27)/t22-/m0/s1. The third-order valence-electron chi connectivity index (χ3n) is 5.31. The van der Waals surface area contributed by atoms with Crippen LogP contribution in [-0.4, -0.2) is 54.3 Å². The number of thiophene rings is 1. The van der Waals surface area contributed by atoms with Crippen molar-refractivity contribution in [3.63, 3.8) is 0 Å². The highest BCUT2D eigenvalue weighted by molar-refractivity contribution is 7.10. The monoisotopic (exact) mass is 423 g/mol. The van der Waals surface area contributed by atoms with E-state index in [1.54, 1.807) is 28.4 Å². The van der Waals surface area contributed by atoms with Gasteiger partial charge in [0.15, 0.2) is 5.76 Å². The van der Waals surface area contributed by atoms with Gasteiger partial charge >= 0.3 is 0 Å². The van der Waals surface area contributed by atoms with E-state index in [1.165, 1.54) is 6.26 Å². The topological polar surface area (TPSA) is 65.8 Å². The summed E-state index contributed by atoms with van der Waals surface area (Å²) < 4.78 is 5.20. The Hall–Kier alpha value is -2.90. The summed E-state index contributed by atoms with van der Waals surface area (Å²) in [6, 6.07) is 17.4. The molecular weight excluding hydrogens is 398 g/mol. The van der Waals surface area contributed by atoms with Gasteiger partial charge in [0.05, 0.1) is 12.3 Å². The second kappa shape index (κ2) is 9.73.